The van der Waals surface area contributed by atoms with Crippen LogP contribution in [-0.2, 0) is 0 Å². The number of allylic oxidation sites excluding steroid dienone is 6. The van der Waals surface area contributed by atoms with Gasteiger partial charge in [-0.05, 0) is 31.3 Å². The Labute approximate surface area is 127 Å². The zero-order valence-electron chi connectivity index (χ0n) is 12.9. The molecule has 0 aromatic carbocycles. The molecule has 2 rings (SSSR count). The molecular weight excluding hydrogens is 258 g/mol. The van der Waals surface area contributed by atoms with Crippen LogP contribution in [0.4, 0.5) is 5.69 Å². The van der Waals surface area contributed by atoms with E-state index >= 15 is 0 Å². The van der Waals surface area contributed by atoms with Crippen molar-refractivity contribution in [3.8, 4) is 0 Å². The largest absolute Gasteiger partial charge is 0.356 e. The number of aromatic nitrogens is 2. The third-order valence-electron chi connectivity index (χ3n) is 3.95. The predicted molar refractivity (Wildman–Crippen MR) is 90.9 cm³/mol. The Morgan fingerprint density at radius 1 is 1.29 bits per heavy atom. The quantitative estimate of drug-likeness (QED) is 0.716. The molecule has 1 aromatic heterocycles. The van der Waals surface area contributed by atoms with Crippen LogP contribution in [0.25, 0.3) is 5.57 Å². The monoisotopic (exact) mass is 283 g/mol. The second kappa shape index (κ2) is 7.67. The minimum Gasteiger partial charge on any atom is -0.356 e. The molecule has 1 aliphatic rings. The highest BCUT2D eigenvalue weighted by atomic mass is 15.1. The summed E-state index contributed by atoms with van der Waals surface area (Å²) < 4.78 is 0. The molecule has 0 amide bonds. The molecular formula is C18H25N3. The minimum atomic E-state index is 0.577. The number of rotatable bonds is 6. The van der Waals surface area contributed by atoms with Gasteiger partial charge in [0.1, 0.15) is 0 Å². The van der Waals surface area contributed by atoms with Crippen molar-refractivity contribution in [2.45, 2.75) is 39.0 Å². The Bertz CT molecular complexity index is 543. The van der Waals surface area contributed by atoms with Crippen LogP contribution >= 0.6 is 0 Å². The molecule has 21 heavy (non-hydrogen) atoms. The van der Waals surface area contributed by atoms with Crippen LogP contribution < -0.4 is 5.32 Å². The first-order valence-corrected chi connectivity index (χ1v) is 7.70. The van der Waals surface area contributed by atoms with Crippen molar-refractivity contribution in [1.82, 2.24) is 10.2 Å². The molecule has 0 atom stereocenters. The van der Waals surface area contributed by atoms with E-state index in [0.29, 0.717) is 5.92 Å². The van der Waals surface area contributed by atoms with Gasteiger partial charge in [-0.2, -0.15) is 5.10 Å². The van der Waals surface area contributed by atoms with Crippen LogP contribution in [0.1, 0.15) is 44.7 Å². The van der Waals surface area contributed by atoms with Crippen molar-refractivity contribution in [3.05, 3.63) is 55.0 Å². The van der Waals surface area contributed by atoms with Gasteiger partial charge in [0, 0.05) is 5.70 Å². The second-order valence-electron chi connectivity index (χ2n) is 5.55. The molecule has 0 saturated heterocycles. The Kier molecular flexibility index (Phi) is 5.61. The van der Waals surface area contributed by atoms with Crippen LogP contribution in [0.15, 0.2) is 49.4 Å². The van der Waals surface area contributed by atoms with Crippen molar-refractivity contribution >= 4 is 11.3 Å². The lowest BCUT2D eigenvalue weighted by Crippen LogP contribution is -2.14. The fourth-order valence-electron chi connectivity index (χ4n) is 2.72. The van der Waals surface area contributed by atoms with E-state index in [1.54, 1.807) is 6.20 Å². The number of nitrogens with zero attached hydrogens (tertiary/aromatic N) is 1. The fourth-order valence-corrected chi connectivity index (χ4v) is 2.72. The van der Waals surface area contributed by atoms with Gasteiger partial charge in [0.2, 0.25) is 0 Å². The molecule has 2 N–H and O–H groups in total. The summed E-state index contributed by atoms with van der Waals surface area (Å²) in [4.78, 5) is 0. The van der Waals surface area contributed by atoms with Gasteiger partial charge >= 0.3 is 0 Å². The predicted octanol–water partition coefficient (Wildman–Crippen LogP) is 5.06. The van der Waals surface area contributed by atoms with Gasteiger partial charge in [0.25, 0.3) is 0 Å². The number of nitrogens with one attached hydrogen (secondary N) is 2. The lowest BCUT2D eigenvalue weighted by atomic mass is 9.87. The molecule has 0 radical (unpaired) electrons. The molecule has 3 heteroatoms. The van der Waals surface area contributed by atoms with Crippen molar-refractivity contribution in [2.24, 2.45) is 5.92 Å². The highest BCUT2D eigenvalue weighted by Gasteiger charge is 2.18. The SMILES string of the molecule is C=C(/C=C\C=C/C)c1[nH]ncc1NC(=C)C1CCCCC1. The first-order valence-electron chi connectivity index (χ1n) is 7.70. The molecule has 0 bridgehead atoms. The number of hydrogen-bond acceptors (Lipinski definition) is 2. The maximum Gasteiger partial charge on any atom is 0.0879 e. The number of H-pyrrole nitrogens is 1. The van der Waals surface area contributed by atoms with Crippen LogP contribution in [0, 0.1) is 5.92 Å². The topological polar surface area (TPSA) is 40.7 Å². The Balaban J connectivity index is 2.02. The van der Waals surface area contributed by atoms with Gasteiger partial charge in [-0.15, -0.1) is 0 Å². The van der Waals surface area contributed by atoms with Gasteiger partial charge in [-0.3, -0.25) is 5.10 Å². The van der Waals surface area contributed by atoms with Gasteiger partial charge < -0.3 is 5.32 Å². The standard InChI is InChI=1S/C18H25N3/c1-4-5-7-10-14(2)18-17(13-19-21-18)20-15(3)16-11-8-6-9-12-16/h4-5,7,10,13,16,20H,2-3,6,8-9,11-12H2,1H3,(H,19,21)/b5-4-,10-7-. The van der Waals surface area contributed by atoms with Gasteiger partial charge in [-0.1, -0.05) is 56.7 Å². The molecule has 1 heterocycles. The van der Waals surface area contributed by atoms with Crippen LogP contribution in [-0.4, -0.2) is 10.2 Å². The van der Waals surface area contributed by atoms with Gasteiger partial charge in [0.05, 0.1) is 17.6 Å². The maximum atomic E-state index is 4.22. The third-order valence-corrected chi connectivity index (χ3v) is 3.95. The smallest absolute Gasteiger partial charge is 0.0879 e. The van der Waals surface area contributed by atoms with E-state index in [0.717, 1.165) is 22.7 Å². The molecule has 1 aliphatic carbocycles. The summed E-state index contributed by atoms with van der Waals surface area (Å²) in [6.45, 7) is 10.3. The summed E-state index contributed by atoms with van der Waals surface area (Å²) in [6, 6.07) is 0. The first-order chi connectivity index (χ1) is 10.2. The van der Waals surface area contributed by atoms with Gasteiger partial charge in [-0.25, -0.2) is 0 Å². The molecule has 1 saturated carbocycles. The average molecular weight is 283 g/mol. The fraction of sp³-hybridized carbons (Fsp3) is 0.389. The molecule has 0 spiro atoms. The summed E-state index contributed by atoms with van der Waals surface area (Å²) >= 11 is 0. The Morgan fingerprint density at radius 3 is 2.76 bits per heavy atom. The van der Waals surface area contributed by atoms with Crippen molar-refractivity contribution in [3.63, 3.8) is 0 Å². The maximum absolute atomic E-state index is 4.22. The van der Waals surface area contributed by atoms with Crippen LogP contribution in [0.2, 0.25) is 0 Å². The molecule has 112 valence electrons. The van der Waals surface area contributed by atoms with Crippen LogP contribution in [0.3, 0.4) is 0 Å². The molecule has 0 aliphatic heterocycles. The van der Waals surface area contributed by atoms with E-state index in [2.05, 4.69) is 28.7 Å². The Morgan fingerprint density at radius 2 is 2.05 bits per heavy atom. The average Bonchev–Trinajstić information content (AvgIpc) is 2.96. The zero-order valence-corrected chi connectivity index (χ0v) is 12.9. The summed E-state index contributed by atoms with van der Waals surface area (Å²) in [6.07, 6.45) is 16.2. The second-order valence-corrected chi connectivity index (χ2v) is 5.55. The molecule has 1 fully saturated rings. The van der Waals surface area contributed by atoms with E-state index in [9.17, 15) is 0 Å². The number of hydrogen-bond donors (Lipinski definition) is 2. The van der Waals surface area contributed by atoms with E-state index < -0.39 is 0 Å². The third kappa shape index (κ3) is 4.22. The summed E-state index contributed by atoms with van der Waals surface area (Å²) in [7, 11) is 0. The lowest BCUT2D eigenvalue weighted by Gasteiger charge is -2.24. The summed E-state index contributed by atoms with van der Waals surface area (Å²) in [5.41, 5.74) is 3.89. The van der Waals surface area contributed by atoms with Crippen LogP contribution in [0.5, 0.6) is 0 Å². The molecule has 3 nitrogen and oxygen atoms in total. The van der Waals surface area contributed by atoms with Gasteiger partial charge in [0.15, 0.2) is 0 Å². The molecule has 1 aromatic rings. The zero-order chi connectivity index (χ0) is 15.1. The highest BCUT2D eigenvalue weighted by Crippen LogP contribution is 2.31. The number of anilines is 1. The summed E-state index contributed by atoms with van der Waals surface area (Å²) in [5, 5.41) is 10.6. The van der Waals surface area contributed by atoms with Crippen molar-refractivity contribution < 1.29 is 0 Å². The molecule has 0 unspecified atom stereocenters. The van der Waals surface area contributed by atoms with Crippen molar-refractivity contribution in [1.29, 1.82) is 0 Å². The van der Waals surface area contributed by atoms with E-state index in [-0.39, 0.29) is 0 Å². The normalized spacial score (nSPS) is 16.6. The first kappa shape index (κ1) is 15.4. The summed E-state index contributed by atoms with van der Waals surface area (Å²) in [5.74, 6) is 0.577. The van der Waals surface area contributed by atoms with E-state index in [1.807, 2.05) is 31.2 Å². The number of aromatic amines is 1. The van der Waals surface area contributed by atoms with Crippen molar-refractivity contribution in [2.75, 3.05) is 5.32 Å². The Hall–Kier alpha value is -2.03. The minimum absolute atomic E-state index is 0.577. The lowest BCUT2D eigenvalue weighted by molar-refractivity contribution is 0.405. The highest BCUT2D eigenvalue weighted by molar-refractivity contribution is 5.78. The van der Waals surface area contributed by atoms with E-state index in [4.69, 9.17) is 0 Å². The van der Waals surface area contributed by atoms with E-state index in [1.165, 1.54) is 32.1 Å².